The lowest BCUT2D eigenvalue weighted by Gasteiger charge is -2.08. The number of ether oxygens (including phenoxy) is 1. The molecule has 0 heterocycles. The summed E-state index contributed by atoms with van der Waals surface area (Å²) >= 11 is 0. The molecule has 2 amide bonds. The maximum Gasteiger partial charge on any atom is 0.314 e. The fourth-order valence-electron chi connectivity index (χ4n) is 1.59. The van der Waals surface area contributed by atoms with Gasteiger partial charge in [0.25, 0.3) is 0 Å². The highest BCUT2D eigenvalue weighted by molar-refractivity contribution is 7.89. The van der Waals surface area contributed by atoms with Crippen LogP contribution in [0.1, 0.15) is 5.56 Å². The quantitative estimate of drug-likeness (QED) is 0.551. The molecule has 0 bridgehead atoms. The Balaban J connectivity index is 2.06. The average Bonchev–Trinajstić information content (AvgIpc) is 2.43. The molecule has 0 aromatic heterocycles. The summed E-state index contributed by atoms with van der Waals surface area (Å²) in [7, 11) is -3.52. The summed E-state index contributed by atoms with van der Waals surface area (Å²) in [4.78, 5) is 11.4. The predicted octanol–water partition coefficient (Wildman–Crippen LogP) is -0.0275. The molecule has 0 atom stereocenters. The second kappa shape index (κ2) is 9.34. The smallest absolute Gasteiger partial charge is 0.314 e. The Morgan fingerprint density at radius 3 is 2.55 bits per heavy atom. The molecule has 1 rings (SSSR count). The summed E-state index contributed by atoms with van der Waals surface area (Å²) in [5.74, 6) is -0.560. The molecule has 0 saturated heterocycles. The Morgan fingerprint density at radius 2 is 1.86 bits per heavy atom. The average molecular weight is 333 g/mol. The van der Waals surface area contributed by atoms with Gasteiger partial charge in [0.2, 0.25) is 10.0 Å². The van der Waals surface area contributed by atoms with E-state index in [9.17, 15) is 17.6 Å². The van der Waals surface area contributed by atoms with E-state index in [4.69, 9.17) is 9.88 Å². The molecule has 124 valence electrons. The maximum atomic E-state index is 13.3. The van der Waals surface area contributed by atoms with Gasteiger partial charge >= 0.3 is 6.03 Å². The molecular weight excluding hydrogens is 313 g/mol. The molecule has 1 aromatic rings. The van der Waals surface area contributed by atoms with Crippen LogP contribution in [0.5, 0.6) is 0 Å². The first-order chi connectivity index (χ1) is 10.4. The lowest BCUT2D eigenvalue weighted by molar-refractivity contribution is 0.151. The number of primary sulfonamides is 1. The van der Waals surface area contributed by atoms with Crippen molar-refractivity contribution in [3.63, 3.8) is 0 Å². The van der Waals surface area contributed by atoms with Crippen molar-refractivity contribution in [1.29, 1.82) is 0 Å². The van der Waals surface area contributed by atoms with Crippen LogP contribution in [0, 0.1) is 5.82 Å². The lowest BCUT2D eigenvalue weighted by Crippen LogP contribution is -2.38. The van der Waals surface area contributed by atoms with Crippen molar-refractivity contribution >= 4 is 16.1 Å². The largest absolute Gasteiger partial charge is 0.379 e. The highest BCUT2D eigenvalue weighted by Gasteiger charge is 2.04. The molecule has 0 fully saturated rings. The van der Waals surface area contributed by atoms with Gasteiger partial charge in [0, 0.05) is 13.1 Å². The van der Waals surface area contributed by atoms with Crippen LogP contribution in [0.25, 0.3) is 0 Å². The number of carbonyl (C=O) groups is 1. The van der Waals surface area contributed by atoms with Gasteiger partial charge in [0.15, 0.2) is 0 Å². The number of urea groups is 1. The van der Waals surface area contributed by atoms with Crippen molar-refractivity contribution in [2.45, 2.75) is 6.42 Å². The Labute approximate surface area is 129 Å². The number of carbonyl (C=O) groups excluding carboxylic acids is 1. The van der Waals surface area contributed by atoms with Crippen molar-refractivity contribution < 1.29 is 22.3 Å². The van der Waals surface area contributed by atoms with Gasteiger partial charge in [-0.05, 0) is 18.1 Å². The van der Waals surface area contributed by atoms with Crippen LogP contribution in [0.2, 0.25) is 0 Å². The van der Waals surface area contributed by atoms with Gasteiger partial charge in [0.05, 0.1) is 19.0 Å². The van der Waals surface area contributed by atoms with Crippen LogP contribution in [0.3, 0.4) is 0 Å². The Hall–Kier alpha value is -1.71. The molecule has 0 saturated carbocycles. The summed E-state index contributed by atoms with van der Waals surface area (Å²) in [6.45, 7) is 0.695. The second-order valence-corrected chi connectivity index (χ2v) is 6.24. The van der Waals surface area contributed by atoms with Gasteiger partial charge < -0.3 is 15.4 Å². The van der Waals surface area contributed by atoms with Gasteiger partial charge in [-0.2, -0.15) is 0 Å². The summed E-state index contributed by atoms with van der Waals surface area (Å²) in [5.41, 5.74) is 0.536. The standard InChI is InChI=1S/C13H20FN3O4S/c14-12-4-2-1-3-11(12)5-6-16-13(18)17-7-8-21-9-10-22(15,19)20/h1-4H,5-10H2,(H2,15,19,20)(H2,16,17,18). The van der Waals surface area contributed by atoms with Gasteiger partial charge in [-0.25, -0.2) is 22.7 Å². The molecule has 0 spiro atoms. The zero-order valence-corrected chi connectivity index (χ0v) is 12.9. The molecule has 4 N–H and O–H groups in total. The van der Waals surface area contributed by atoms with Crippen LogP contribution in [-0.2, 0) is 21.2 Å². The topological polar surface area (TPSA) is 111 Å². The number of halogens is 1. The molecule has 0 aliphatic rings. The zero-order chi connectivity index (χ0) is 16.4. The molecular formula is C13H20FN3O4S. The van der Waals surface area contributed by atoms with E-state index in [0.29, 0.717) is 18.5 Å². The third kappa shape index (κ3) is 8.55. The van der Waals surface area contributed by atoms with Crippen molar-refractivity contribution in [2.24, 2.45) is 5.14 Å². The maximum absolute atomic E-state index is 13.3. The third-order valence-electron chi connectivity index (χ3n) is 2.68. The SMILES string of the molecule is NS(=O)(=O)CCOCCNC(=O)NCCc1ccccc1F. The van der Waals surface area contributed by atoms with E-state index in [2.05, 4.69) is 10.6 Å². The highest BCUT2D eigenvalue weighted by Crippen LogP contribution is 2.05. The summed E-state index contributed by atoms with van der Waals surface area (Å²) < 4.78 is 39.6. The van der Waals surface area contributed by atoms with E-state index < -0.39 is 16.1 Å². The first-order valence-electron chi connectivity index (χ1n) is 6.72. The molecule has 0 aliphatic heterocycles. The first kappa shape index (κ1) is 18.3. The first-order valence-corrected chi connectivity index (χ1v) is 8.43. The van der Waals surface area contributed by atoms with Gasteiger partial charge in [0.1, 0.15) is 5.82 Å². The summed E-state index contributed by atoms with van der Waals surface area (Å²) in [6, 6.07) is 5.97. The van der Waals surface area contributed by atoms with Crippen LogP contribution in [0.15, 0.2) is 24.3 Å². The van der Waals surface area contributed by atoms with Crippen LogP contribution in [-0.4, -0.2) is 46.5 Å². The van der Waals surface area contributed by atoms with E-state index in [1.165, 1.54) is 6.07 Å². The molecule has 1 aromatic carbocycles. The van der Waals surface area contributed by atoms with Crippen molar-refractivity contribution in [3.8, 4) is 0 Å². The Kier molecular flexibility index (Phi) is 7.78. The summed E-state index contributed by atoms with van der Waals surface area (Å²) in [5, 5.41) is 9.91. The predicted molar refractivity (Wildman–Crippen MR) is 80.3 cm³/mol. The highest BCUT2D eigenvalue weighted by atomic mass is 32.2. The van der Waals surface area contributed by atoms with Crippen LogP contribution in [0.4, 0.5) is 9.18 Å². The monoisotopic (exact) mass is 333 g/mol. The molecule has 0 unspecified atom stereocenters. The third-order valence-corrected chi connectivity index (χ3v) is 3.42. The molecule has 7 nitrogen and oxygen atoms in total. The van der Waals surface area contributed by atoms with Crippen molar-refractivity contribution in [3.05, 3.63) is 35.6 Å². The minimum Gasteiger partial charge on any atom is -0.379 e. The molecule has 0 aliphatic carbocycles. The van der Waals surface area contributed by atoms with Gasteiger partial charge in [-0.1, -0.05) is 18.2 Å². The number of nitrogens with one attached hydrogen (secondary N) is 2. The molecule has 22 heavy (non-hydrogen) atoms. The second-order valence-electron chi connectivity index (χ2n) is 4.50. The van der Waals surface area contributed by atoms with E-state index in [-0.39, 0.29) is 31.3 Å². The number of hydrogen-bond acceptors (Lipinski definition) is 4. The number of benzene rings is 1. The van der Waals surface area contributed by atoms with Gasteiger partial charge in [-0.3, -0.25) is 0 Å². The van der Waals surface area contributed by atoms with E-state index in [0.717, 1.165) is 0 Å². The minimum absolute atomic E-state index is 0.0184. The van der Waals surface area contributed by atoms with E-state index >= 15 is 0 Å². The van der Waals surface area contributed by atoms with E-state index in [1.807, 2.05) is 0 Å². The molecule has 0 radical (unpaired) electrons. The van der Waals surface area contributed by atoms with Gasteiger partial charge in [-0.15, -0.1) is 0 Å². The fraction of sp³-hybridized carbons (Fsp3) is 0.462. The number of rotatable bonds is 9. The normalized spacial score (nSPS) is 11.2. The lowest BCUT2D eigenvalue weighted by atomic mass is 10.1. The van der Waals surface area contributed by atoms with Crippen molar-refractivity contribution in [2.75, 3.05) is 32.1 Å². The van der Waals surface area contributed by atoms with E-state index in [1.54, 1.807) is 18.2 Å². The summed E-state index contributed by atoms with van der Waals surface area (Å²) in [6.07, 6.45) is 0.394. The van der Waals surface area contributed by atoms with Crippen LogP contribution < -0.4 is 15.8 Å². The van der Waals surface area contributed by atoms with Crippen LogP contribution >= 0.6 is 0 Å². The Bertz CT molecular complexity index is 580. The fourth-order valence-corrected chi connectivity index (χ4v) is 1.94. The number of hydrogen-bond donors (Lipinski definition) is 3. The zero-order valence-electron chi connectivity index (χ0n) is 12.0. The minimum atomic E-state index is -3.52. The number of sulfonamides is 1. The Morgan fingerprint density at radius 1 is 1.18 bits per heavy atom. The number of amides is 2. The molecule has 9 heteroatoms. The van der Waals surface area contributed by atoms with Crippen molar-refractivity contribution in [1.82, 2.24) is 10.6 Å². The number of nitrogens with two attached hydrogens (primary N) is 1.